The van der Waals surface area contributed by atoms with E-state index in [4.69, 9.17) is 23.2 Å². The van der Waals surface area contributed by atoms with Gasteiger partial charge in [0.1, 0.15) is 10.7 Å². The zero-order valence-corrected chi connectivity index (χ0v) is 17.5. The molecule has 1 atom stereocenters. The second-order valence-electron chi connectivity index (χ2n) is 6.60. The molecule has 1 aromatic carbocycles. The molecule has 27 heavy (non-hydrogen) atoms. The Morgan fingerprint density at radius 3 is 2.44 bits per heavy atom. The summed E-state index contributed by atoms with van der Waals surface area (Å²) in [5.41, 5.74) is 0.847. The number of rotatable bonds is 5. The van der Waals surface area contributed by atoms with Gasteiger partial charge in [-0.1, -0.05) is 35.3 Å². The molecule has 9 heteroatoms. The largest absolute Gasteiger partial charge is 0.363 e. The van der Waals surface area contributed by atoms with Crippen LogP contribution in [0.1, 0.15) is 18.5 Å². The van der Waals surface area contributed by atoms with Crippen molar-refractivity contribution in [3.05, 3.63) is 52.1 Å². The summed E-state index contributed by atoms with van der Waals surface area (Å²) < 4.78 is 27.0. The maximum Gasteiger partial charge on any atom is 0.244 e. The fraction of sp³-hybridized carbons (Fsp3) is 0.389. The number of likely N-dealkylation sites (N-methyl/N-ethyl adjacent to an activating group) is 1. The number of pyridine rings is 1. The van der Waals surface area contributed by atoms with Crippen LogP contribution in [-0.4, -0.2) is 55.8 Å². The summed E-state index contributed by atoms with van der Waals surface area (Å²) in [5.74, 6) is 0.566. The molecule has 1 N–H and O–H groups in total. The van der Waals surface area contributed by atoms with Crippen molar-refractivity contribution in [3.8, 4) is 0 Å². The number of benzene rings is 1. The van der Waals surface area contributed by atoms with Gasteiger partial charge in [0.05, 0.1) is 16.1 Å². The Balaban J connectivity index is 1.72. The molecule has 0 spiro atoms. The van der Waals surface area contributed by atoms with Crippen molar-refractivity contribution in [2.45, 2.75) is 17.9 Å². The third-order valence-electron chi connectivity index (χ3n) is 4.65. The Kier molecular flexibility index (Phi) is 6.28. The number of hydrogen-bond donors (Lipinski definition) is 1. The fourth-order valence-corrected chi connectivity index (χ4v) is 4.79. The number of nitrogens with zero attached hydrogens (tertiary/aromatic N) is 3. The Morgan fingerprint density at radius 1 is 1.11 bits per heavy atom. The lowest BCUT2D eigenvalue weighted by molar-refractivity contribution is 0.222. The number of aromatic nitrogens is 1. The lowest BCUT2D eigenvalue weighted by Gasteiger charge is -2.31. The van der Waals surface area contributed by atoms with Crippen molar-refractivity contribution < 1.29 is 8.42 Å². The van der Waals surface area contributed by atoms with Crippen LogP contribution in [-0.2, 0) is 10.0 Å². The lowest BCUT2D eigenvalue weighted by Crippen LogP contribution is -2.47. The van der Waals surface area contributed by atoms with Gasteiger partial charge in [-0.25, -0.2) is 13.4 Å². The first-order valence-corrected chi connectivity index (χ1v) is 10.8. The Hall–Kier alpha value is -1.38. The van der Waals surface area contributed by atoms with Crippen LogP contribution in [0.3, 0.4) is 0 Å². The predicted molar refractivity (Wildman–Crippen MR) is 109 cm³/mol. The van der Waals surface area contributed by atoms with Crippen LogP contribution >= 0.6 is 23.2 Å². The molecule has 0 bridgehead atoms. The first-order chi connectivity index (χ1) is 12.8. The molecule has 0 aliphatic carbocycles. The number of sulfonamides is 1. The SMILES string of the molecule is CC(Nc1ccc(S(=O)(=O)N2CCN(C)CC2)cn1)c1cccc(Cl)c1Cl. The summed E-state index contributed by atoms with van der Waals surface area (Å²) in [4.78, 5) is 6.58. The van der Waals surface area contributed by atoms with Crippen molar-refractivity contribution in [1.29, 1.82) is 0 Å². The summed E-state index contributed by atoms with van der Waals surface area (Å²) >= 11 is 12.3. The maximum absolute atomic E-state index is 12.7. The van der Waals surface area contributed by atoms with Gasteiger partial charge < -0.3 is 10.2 Å². The number of halogens is 2. The van der Waals surface area contributed by atoms with Crippen LogP contribution in [0.2, 0.25) is 10.0 Å². The highest BCUT2D eigenvalue weighted by atomic mass is 35.5. The summed E-state index contributed by atoms with van der Waals surface area (Å²) in [6, 6.07) is 8.56. The van der Waals surface area contributed by atoms with E-state index in [0.29, 0.717) is 29.0 Å². The quantitative estimate of drug-likeness (QED) is 0.788. The van der Waals surface area contributed by atoms with Gasteiger partial charge in [0.25, 0.3) is 0 Å². The average molecular weight is 429 g/mol. The topological polar surface area (TPSA) is 65.5 Å². The minimum Gasteiger partial charge on any atom is -0.363 e. The van der Waals surface area contributed by atoms with Gasteiger partial charge in [-0.15, -0.1) is 0 Å². The molecule has 3 rings (SSSR count). The molecule has 6 nitrogen and oxygen atoms in total. The second kappa shape index (κ2) is 8.32. The van der Waals surface area contributed by atoms with Gasteiger partial charge in [0, 0.05) is 32.4 Å². The number of piperazine rings is 1. The molecule has 1 saturated heterocycles. The second-order valence-corrected chi connectivity index (χ2v) is 9.32. The fourth-order valence-electron chi connectivity index (χ4n) is 2.95. The first kappa shape index (κ1) is 20.4. The Bertz CT molecular complexity index is 898. The predicted octanol–water partition coefficient (Wildman–Crippen LogP) is 3.50. The minimum absolute atomic E-state index is 0.135. The van der Waals surface area contributed by atoms with Crippen LogP contribution < -0.4 is 5.32 Å². The third kappa shape index (κ3) is 4.55. The Labute approximate surface area is 170 Å². The molecule has 0 saturated carbocycles. The van der Waals surface area contributed by atoms with E-state index in [-0.39, 0.29) is 10.9 Å². The van der Waals surface area contributed by atoms with Crippen molar-refractivity contribution in [3.63, 3.8) is 0 Å². The van der Waals surface area contributed by atoms with Gasteiger partial charge in [-0.2, -0.15) is 4.31 Å². The minimum atomic E-state index is -3.52. The molecule has 146 valence electrons. The molecule has 1 aromatic heterocycles. The van der Waals surface area contributed by atoms with E-state index in [9.17, 15) is 8.42 Å². The van der Waals surface area contributed by atoms with E-state index < -0.39 is 10.0 Å². The molecule has 2 heterocycles. The number of hydrogen-bond acceptors (Lipinski definition) is 5. The van der Waals surface area contributed by atoms with Crippen molar-refractivity contribution >= 4 is 39.0 Å². The summed E-state index contributed by atoms with van der Waals surface area (Å²) in [6.07, 6.45) is 1.39. The van der Waals surface area contributed by atoms with Gasteiger partial charge in [0.2, 0.25) is 10.0 Å². The van der Waals surface area contributed by atoms with E-state index in [2.05, 4.69) is 15.2 Å². The molecule has 0 radical (unpaired) electrons. The first-order valence-electron chi connectivity index (χ1n) is 8.64. The molecular formula is C18H22Cl2N4O2S. The van der Waals surface area contributed by atoms with Crippen molar-refractivity contribution in [2.24, 2.45) is 0 Å². The number of nitrogens with one attached hydrogen (secondary N) is 1. The summed E-state index contributed by atoms with van der Waals surface area (Å²) in [7, 11) is -1.53. The standard InChI is InChI=1S/C18H22Cl2N4O2S/c1-13(15-4-3-5-16(19)18(15)20)22-17-7-6-14(12-21-17)27(25,26)24-10-8-23(2)9-11-24/h3-7,12-13H,8-11H2,1-2H3,(H,21,22). The van der Waals surface area contributed by atoms with Gasteiger partial charge >= 0.3 is 0 Å². The summed E-state index contributed by atoms with van der Waals surface area (Å²) in [6.45, 7) is 4.37. The monoisotopic (exact) mass is 428 g/mol. The highest BCUT2D eigenvalue weighted by Gasteiger charge is 2.27. The van der Waals surface area contributed by atoms with E-state index in [1.807, 2.05) is 26.1 Å². The van der Waals surface area contributed by atoms with Gasteiger partial charge in [-0.3, -0.25) is 0 Å². The smallest absolute Gasteiger partial charge is 0.244 e. The van der Waals surface area contributed by atoms with E-state index in [0.717, 1.165) is 18.7 Å². The van der Waals surface area contributed by atoms with Crippen LogP contribution in [0.15, 0.2) is 41.4 Å². The van der Waals surface area contributed by atoms with Crippen LogP contribution in [0, 0.1) is 0 Å². The third-order valence-corrected chi connectivity index (χ3v) is 7.36. The highest BCUT2D eigenvalue weighted by Crippen LogP contribution is 2.31. The van der Waals surface area contributed by atoms with Gasteiger partial charge in [-0.05, 0) is 37.7 Å². The molecule has 1 aliphatic rings. The molecule has 0 amide bonds. The molecule has 1 fully saturated rings. The molecule has 1 unspecified atom stereocenters. The van der Waals surface area contributed by atoms with Crippen molar-refractivity contribution in [2.75, 3.05) is 38.5 Å². The van der Waals surface area contributed by atoms with Crippen molar-refractivity contribution in [1.82, 2.24) is 14.2 Å². The van der Waals surface area contributed by atoms with Crippen LogP contribution in [0.5, 0.6) is 0 Å². The van der Waals surface area contributed by atoms with Crippen LogP contribution in [0.4, 0.5) is 5.82 Å². The van der Waals surface area contributed by atoms with E-state index in [1.54, 1.807) is 18.2 Å². The zero-order valence-electron chi connectivity index (χ0n) is 15.2. The maximum atomic E-state index is 12.7. The average Bonchev–Trinajstić information content (AvgIpc) is 2.64. The van der Waals surface area contributed by atoms with Gasteiger partial charge in [0.15, 0.2) is 0 Å². The molecule has 2 aromatic rings. The van der Waals surface area contributed by atoms with E-state index in [1.165, 1.54) is 10.5 Å². The lowest BCUT2D eigenvalue weighted by atomic mass is 10.1. The molecule has 1 aliphatic heterocycles. The highest BCUT2D eigenvalue weighted by molar-refractivity contribution is 7.89. The molecular weight excluding hydrogens is 407 g/mol. The normalized spacial score (nSPS) is 17.6. The summed E-state index contributed by atoms with van der Waals surface area (Å²) in [5, 5.41) is 4.21. The van der Waals surface area contributed by atoms with Crippen LogP contribution in [0.25, 0.3) is 0 Å². The zero-order chi connectivity index (χ0) is 19.6. The number of anilines is 1. The Morgan fingerprint density at radius 2 is 1.81 bits per heavy atom. The van der Waals surface area contributed by atoms with E-state index >= 15 is 0 Å².